The summed E-state index contributed by atoms with van der Waals surface area (Å²) < 4.78 is 0. The molecule has 1 fully saturated rings. The van der Waals surface area contributed by atoms with Crippen LogP contribution in [0, 0.1) is 0 Å². The van der Waals surface area contributed by atoms with Gasteiger partial charge in [-0.25, -0.2) is 4.98 Å². The number of nitrogens with zero attached hydrogens (tertiary/aromatic N) is 3. The molecule has 0 amide bonds. The van der Waals surface area contributed by atoms with E-state index >= 15 is 0 Å². The molecular weight excluding hydrogens is 236 g/mol. The third kappa shape index (κ3) is 2.54. The Hall–Kier alpha value is -1.68. The summed E-state index contributed by atoms with van der Waals surface area (Å²) in [6.45, 7) is 5.41. The Morgan fingerprint density at radius 1 is 1.32 bits per heavy atom. The monoisotopic (exact) mass is 256 g/mol. The van der Waals surface area contributed by atoms with Crippen molar-refractivity contribution in [2.24, 2.45) is 0 Å². The first-order chi connectivity index (χ1) is 9.38. The van der Waals surface area contributed by atoms with Crippen molar-refractivity contribution in [1.29, 1.82) is 0 Å². The summed E-state index contributed by atoms with van der Waals surface area (Å²) in [7, 11) is 0. The molecule has 1 aromatic heterocycles. The molecule has 19 heavy (non-hydrogen) atoms. The third-order valence-electron chi connectivity index (χ3n) is 3.67. The second-order valence-corrected chi connectivity index (χ2v) is 5.06. The molecule has 0 radical (unpaired) electrons. The van der Waals surface area contributed by atoms with Gasteiger partial charge in [0.2, 0.25) is 0 Å². The fourth-order valence-corrected chi connectivity index (χ4v) is 2.72. The highest BCUT2D eigenvalue weighted by atomic mass is 15.2. The number of nitrogens with one attached hydrogen (secondary N) is 1. The SMILES string of the molecule is CCCN(c1cnc2ccccc2n1)C1CCNC1. The van der Waals surface area contributed by atoms with Crippen molar-refractivity contribution < 1.29 is 0 Å². The molecule has 1 atom stereocenters. The second-order valence-electron chi connectivity index (χ2n) is 5.06. The minimum Gasteiger partial charge on any atom is -0.351 e. The molecule has 1 N–H and O–H groups in total. The highest BCUT2D eigenvalue weighted by Crippen LogP contribution is 2.20. The minimum absolute atomic E-state index is 0.551. The van der Waals surface area contributed by atoms with Gasteiger partial charge >= 0.3 is 0 Å². The van der Waals surface area contributed by atoms with Crippen LogP contribution in [0.25, 0.3) is 11.0 Å². The van der Waals surface area contributed by atoms with Crippen LogP contribution in [0.3, 0.4) is 0 Å². The third-order valence-corrected chi connectivity index (χ3v) is 3.67. The molecule has 4 nitrogen and oxygen atoms in total. The van der Waals surface area contributed by atoms with Gasteiger partial charge in [-0.1, -0.05) is 19.1 Å². The van der Waals surface area contributed by atoms with E-state index in [2.05, 4.69) is 22.1 Å². The van der Waals surface area contributed by atoms with Crippen LogP contribution in [0.15, 0.2) is 30.5 Å². The Kier molecular flexibility index (Phi) is 3.60. The predicted octanol–water partition coefficient (Wildman–Crippen LogP) is 2.21. The predicted molar refractivity (Wildman–Crippen MR) is 78.4 cm³/mol. The average Bonchev–Trinajstić information content (AvgIpc) is 2.98. The van der Waals surface area contributed by atoms with Crippen molar-refractivity contribution in [3.63, 3.8) is 0 Å². The van der Waals surface area contributed by atoms with E-state index in [9.17, 15) is 0 Å². The Morgan fingerprint density at radius 3 is 2.89 bits per heavy atom. The number of fused-ring (bicyclic) bond motifs is 1. The van der Waals surface area contributed by atoms with Crippen molar-refractivity contribution in [3.05, 3.63) is 30.5 Å². The van der Waals surface area contributed by atoms with E-state index in [4.69, 9.17) is 4.98 Å². The van der Waals surface area contributed by atoms with E-state index in [1.165, 1.54) is 6.42 Å². The van der Waals surface area contributed by atoms with Gasteiger partial charge in [0.1, 0.15) is 5.82 Å². The Balaban J connectivity index is 1.94. The fourth-order valence-electron chi connectivity index (χ4n) is 2.72. The molecule has 0 saturated carbocycles. The topological polar surface area (TPSA) is 41.1 Å². The molecular formula is C15H20N4. The van der Waals surface area contributed by atoms with Crippen molar-refractivity contribution in [2.45, 2.75) is 25.8 Å². The highest BCUT2D eigenvalue weighted by molar-refractivity contribution is 5.75. The van der Waals surface area contributed by atoms with Gasteiger partial charge in [0.05, 0.1) is 17.2 Å². The quantitative estimate of drug-likeness (QED) is 0.910. The maximum atomic E-state index is 4.77. The summed E-state index contributed by atoms with van der Waals surface area (Å²) in [5.74, 6) is 1.01. The number of aromatic nitrogens is 2. The molecule has 0 bridgehead atoms. The van der Waals surface area contributed by atoms with Crippen LogP contribution in [0.2, 0.25) is 0 Å². The molecule has 0 aliphatic carbocycles. The summed E-state index contributed by atoms with van der Waals surface area (Å²) in [6.07, 6.45) is 4.23. The summed E-state index contributed by atoms with van der Waals surface area (Å²) >= 11 is 0. The van der Waals surface area contributed by atoms with Crippen molar-refractivity contribution in [3.8, 4) is 0 Å². The minimum atomic E-state index is 0.551. The normalized spacial score (nSPS) is 18.9. The van der Waals surface area contributed by atoms with E-state index in [1.807, 2.05) is 30.5 Å². The Labute approximate surface area is 113 Å². The molecule has 2 aromatic rings. The van der Waals surface area contributed by atoms with Gasteiger partial charge in [-0.15, -0.1) is 0 Å². The van der Waals surface area contributed by atoms with Gasteiger partial charge in [0, 0.05) is 19.1 Å². The Bertz CT molecular complexity index is 549. The lowest BCUT2D eigenvalue weighted by Crippen LogP contribution is -2.38. The van der Waals surface area contributed by atoms with Gasteiger partial charge < -0.3 is 10.2 Å². The maximum absolute atomic E-state index is 4.77. The van der Waals surface area contributed by atoms with Gasteiger partial charge in [-0.3, -0.25) is 4.98 Å². The van der Waals surface area contributed by atoms with Crippen molar-refractivity contribution in [1.82, 2.24) is 15.3 Å². The van der Waals surface area contributed by atoms with Crippen molar-refractivity contribution in [2.75, 3.05) is 24.5 Å². The van der Waals surface area contributed by atoms with E-state index in [0.29, 0.717) is 6.04 Å². The molecule has 3 rings (SSSR count). The summed E-state index contributed by atoms with van der Waals surface area (Å²) in [4.78, 5) is 11.7. The van der Waals surface area contributed by atoms with Crippen LogP contribution < -0.4 is 10.2 Å². The van der Waals surface area contributed by atoms with Gasteiger partial charge in [-0.05, 0) is 31.5 Å². The summed E-state index contributed by atoms with van der Waals surface area (Å²) in [5, 5.41) is 3.43. The number of rotatable bonds is 4. The summed E-state index contributed by atoms with van der Waals surface area (Å²) in [5.41, 5.74) is 1.94. The van der Waals surface area contributed by atoms with Crippen LogP contribution in [-0.2, 0) is 0 Å². The van der Waals surface area contributed by atoms with Gasteiger partial charge in [0.15, 0.2) is 0 Å². The first kappa shape index (κ1) is 12.4. The number of anilines is 1. The average molecular weight is 256 g/mol. The van der Waals surface area contributed by atoms with E-state index < -0.39 is 0 Å². The van der Waals surface area contributed by atoms with Gasteiger partial charge in [-0.2, -0.15) is 0 Å². The smallest absolute Gasteiger partial charge is 0.148 e. The molecule has 2 heterocycles. The largest absolute Gasteiger partial charge is 0.351 e. The molecule has 4 heteroatoms. The number of hydrogen-bond donors (Lipinski definition) is 1. The molecule has 1 unspecified atom stereocenters. The lowest BCUT2D eigenvalue weighted by molar-refractivity contribution is 0.618. The van der Waals surface area contributed by atoms with Crippen LogP contribution in [0.1, 0.15) is 19.8 Å². The lowest BCUT2D eigenvalue weighted by atomic mass is 10.2. The molecule has 1 saturated heterocycles. The van der Waals surface area contributed by atoms with Crippen LogP contribution >= 0.6 is 0 Å². The van der Waals surface area contributed by atoms with Crippen LogP contribution in [0.4, 0.5) is 5.82 Å². The van der Waals surface area contributed by atoms with E-state index in [-0.39, 0.29) is 0 Å². The second kappa shape index (κ2) is 5.53. The van der Waals surface area contributed by atoms with E-state index in [0.717, 1.165) is 42.9 Å². The summed E-state index contributed by atoms with van der Waals surface area (Å²) in [6, 6.07) is 8.61. The molecule has 1 aromatic carbocycles. The van der Waals surface area contributed by atoms with Crippen LogP contribution in [-0.4, -0.2) is 35.6 Å². The number of para-hydroxylation sites is 2. The zero-order valence-corrected chi connectivity index (χ0v) is 11.3. The Morgan fingerprint density at radius 2 is 2.16 bits per heavy atom. The first-order valence-corrected chi connectivity index (χ1v) is 7.07. The zero-order chi connectivity index (χ0) is 13.1. The number of hydrogen-bond acceptors (Lipinski definition) is 4. The van der Waals surface area contributed by atoms with Crippen LogP contribution in [0.5, 0.6) is 0 Å². The lowest BCUT2D eigenvalue weighted by Gasteiger charge is -2.29. The molecule has 1 aliphatic rings. The molecule has 100 valence electrons. The van der Waals surface area contributed by atoms with Gasteiger partial charge in [0.25, 0.3) is 0 Å². The molecule has 1 aliphatic heterocycles. The van der Waals surface area contributed by atoms with E-state index in [1.54, 1.807) is 0 Å². The zero-order valence-electron chi connectivity index (χ0n) is 11.3. The van der Waals surface area contributed by atoms with Crippen molar-refractivity contribution >= 4 is 16.9 Å². The standard InChI is InChI=1S/C15H20N4/c1-2-9-19(12-7-8-16-10-12)15-11-17-13-5-3-4-6-14(13)18-15/h3-6,11-12,16H,2,7-10H2,1H3. The first-order valence-electron chi connectivity index (χ1n) is 7.07. The molecule has 0 spiro atoms. The highest BCUT2D eigenvalue weighted by Gasteiger charge is 2.23. The maximum Gasteiger partial charge on any atom is 0.148 e. The fraction of sp³-hybridized carbons (Fsp3) is 0.467. The number of benzene rings is 1.